The van der Waals surface area contributed by atoms with Crippen molar-refractivity contribution in [2.45, 2.75) is 13.8 Å². The summed E-state index contributed by atoms with van der Waals surface area (Å²) < 4.78 is 0. The summed E-state index contributed by atoms with van der Waals surface area (Å²) in [4.78, 5) is 0. The third-order valence-corrected chi connectivity index (χ3v) is 0.822. The lowest BCUT2D eigenvalue weighted by Crippen LogP contribution is -2.08. The number of hydrogen-bond donors (Lipinski definition) is 2. The molecule has 0 fully saturated rings. The molecule has 0 spiro atoms. The zero-order valence-electron chi connectivity index (χ0n) is 5.45. The molecule has 0 radical (unpaired) electrons. The van der Waals surface area contributed by atoms with Crippen molar-refractivity contribution in [2.75, 3.05) is 7.05 Å². The van der Waals surface area contributed by atoms with Gasteiger partial charge in [0.15, 0.2) is 0 Å². The SMILES string of the molecule is CNN=C(C)C(C)=N. The normalized spacial score (nSPS) is 11.1. The van der Waals surface area contributed by atoms with Crippen LogP contribution in [0.3, 0.4) is 0 Å². The maximum atomic E-state index is 7.03. The topological polar surface area (TPSA) is 48.2 Å². The maximum absolute atomic E-state index is 7.03. The van der Waals surface area contributed by atoms with Crippen molar-refractivity contribution in [3.8, 4) is 0 Å². The minimum absolute atomic E-state index is 0.499. The van der Waals surface area contributed by atoms with Gasteiger partial charge in [0, 0.05) is 7.05 Å². The summed E-state index contributed by atoms with van der Waals surface area (Å²) in [5.74, 6) is 0. The summed E-state index contributed by atoms with van der Waals surface area (Å²) in [5.41, 5.74) is 3.82. The Morgan fingerprint density at radius 2 is 2.00 bits per heavy atom. The van der Waals surface area contributed by atoms with Crippen LogP contribution in [0, 0.1) is 5.41 Å². The summed E-state index contributed by atoms with van der Waals surface area (Å²) in [5, 5.41) is 10.8. The average Bonchev–Trinajstić information content (AvgIpc) is 1.67. The van der Waals surface area contributed by atoms with Crippen LogP contribution in [-0.4, -0.2) is 18.5 Å². The molecule has 3 nitrogen and oxygen atoms in total. The molecule has 8 heavy (non-hydrogen) atoms. The van der Waals surface area contributed by atoms with E-state index in [1.54, 1.807) is 20.9 Å². The van der Waals surface area contributed by atoms with Crippen molar-refractivity contribution in [2.24, 2.45) is 5.10 Å². The van der Waals surface area contributed by atoms with Crippen LogP contribution in [0.25, 0.3) is 0 Å². The van der Waals surface area contributed by atoms with Crippen molar-refractivity contribution in [1.29, 1.82) is 5.41 Å². The molecule has 0 atom stereocenters. The van der Waals surface area contributed by atoms with Gasteiger partial charge in [-0.15, -0.1) is 0 Å². The summed E-state index contributed by atoms with van der Waals surface area (Å²) in [6, 6.07) is 0. The van der Waals surface area contributed by atoms with Crippen LogP contribution >= 0.6 is 0 Å². The first-order valence-electron chi connectivity index (χ1n) is 2.45. The van der Waals surface area contributed by atoms with Gasteiger partial charge in [0.05, 0.1) is 11.4 Å². The molecule has 0 aromatic heterocycles. The van der Waals surface area contributed by atoms with Crippen molar-refractivity contribution >= 4 is 11.4 Å². The molecule has 0 aliphatic rings. The molecule has 2 N–H and O–H groups in total. The third kappa shape index (κ3) is 2.34. The molecule has 3 heteroatoms. The monoisotopic (exact) mass is 113 g/mol. The summed E-state index contributed by atoms with van der Waals surface area (Å²) >= 11 is 0. The highest BCUT2D eigenvalue weighted by atomic mass is 15.3. The van der Waals surface area contributed by atoms with Gasteiger partial charge in [-0.2, -0.15) is 5.10 Å². The van der Waals surface area contributed by atoms with Crippen LogP contribution in [0.15, 0.2) is 5.10 Å². The van der Waals surface area contributed by atoms with Gasteiger partial charge in [-0.25, -0.2) is 0 Å². The summed E-state index contributed by atoms with van der Waals surface area (Å²) in [6.45, 7) is 3.50. The molecule has 0 unspecified atom stereocenters. The number of hydrogen-bond acceptors (Lipinski definition) is 3. The Hall–Kier alpha value is -0.860. The molecule has 0 saturated carbocycles. The number of nitrogens with zero attached hydrogens (tertiary/aromatic N) is 1. The summed E-state index contributed by atoms with van der Waals surface area (Å²) in [6.07, 6.45) is 0. The van der Waals surface area contributed by atoms with Gasteiger partial charge in [-0.1, -0.05) is 0 Å². The molecule has 0 bridgehead atoms. The first-order chi connectivity index (χ1) is 3.68. The Balaban J connectivity index is 3.80. The van der Waals surface area contributed by atoms with E-state index in [2.05, 4.69) is 10.5 Å². The van der Waals surface area contributed by atoms with Crippen LogP contribution in [0.2, 0.25) is 0 Å². The molecule has 0 aliphatic heterocycles. The van der Waals surface area contributed by atoms with Gasteiger partial charge in [0.25, 0.3) is 0 Å². The van der Waals surface area contributed by atoms with E-state index in [1.807, 2.05) is 0 Å². The first kappa shape index (κ1) is 7.14. The maximum Gasteiger partial charge on any atom is 0.0776 e. The Morgan fingerprint density at radius 3 is 2.12 bits per heavy atom. The lowest BCUT2D eigenvalue weighted by atomic mass is 10.3. The smallest absolute Gasteiger partial charge is 0.0776 e. The van der Waals surface area contributed by atoms with E-state index in [1.165, 1.54) is 0 Å². The van der Waals surface area contributed by atoms with Gasteiger partial charge in [-0.3, -0.25) is 0 Å². The molecule has 0 saturated heterocycles. The Bertz CT molecular complexity index is 115. The van der Waals surface area contributed by atoms with Crippen molar-refractivity contribution < 1.29 is 0 Å². The molecular weight excluding hydrogens is 102 g/mol. The van der Waals surface area contributed by atoms with Gasteiger partial charge in [0.2, 0.25) is 0 Å². The van der Waals surface area contributed by atoms with E-state index >= 15 is 0 Å². The summed E-state index contributed by atoms with van der Waals surface area (Å²) in [7, 11) is 1.71. The number of nitrogens with one attached hydrogen (secondary N) is 2. The van der Waals surface area contributed by atoms with Gasteiger partial charge < -0.3 is 10.8 Å². The standard InChI is InChI=1S/C5H11N3/c1-4(6)5(2)8-7-3/h6-7H,1-3H3. The van der Waals surface area contributed by atoms with Crippen LogP contribution in [0.4, 0.5) is 0 Å². The lowest BCUT2D eigenvalue weighted by Gasteiger charge is -1.92. The number of rotatable bonds is 2. The van der Waals surface area contributed by atoms with Crippen LogP contribution in [0.5, 0.6) is 0 Å². The molecule has 0 heterocycles. The second-order valence-electron chi connectivity index (χ2n) is 1.55. The van der Waals surface area contributed by atoms with Gasteiger partial charge in [0.1, 0.15) is 0 Å². The Kier molecular flexibility index (Phi) is 2.84. The van der Waals surface area contributed by atoms with E-state index in [0.717, 1.165) is 5.71 Å². The fraction of sp³-hybridized carbons (Fsp3) is 0.600. The first-order valence-corrected chi connectivity index (χ1v) is 2.45. The molecule has 0 aromatic rings. The van der Waals surface area contributed by atoms with E-state index < -0.39 is 0 Å². The average molecular weight is 113 g/mol. The fourth-order valence-electron chi connectivity index (χ4n) is 0.252. The van der Waals surface area contributed by atoms with E-state index in [4.69, 9.17) is 5.41 Å². The van der Waals surface area contributed by atoms with Crippen molar-refractivity contribution in [3.63, 3.8) is 0 Å². The van der Waals surface area contributed by atoms with E-state index in [-0.39, 0.29) is 0 Å². The highest BCUT2D eigenvalue weighted by Crippen LogP contribution is 1.75. The van der Waals surface area contributed by atoms with Gasteiger partial charge >= 0.3 is 0 Å². The molecule has 0 amide bonds. The quantitative estimate of drug-likeness (QED) is 0.400. The second-order valence-corrected chi connectivity index (χ2v) is 1.55. The van der Waals surface area contributed by atoms with Crippen molar-refractivity contribution in [1.82, 2.24) is 5.43 Å². The largest absolute Gasteiger partial charge is 0.313 e. The lowest BCUT2D eigenvalue weighted by molar-refractivity contribution is 0.902. The molecule has 0 aromatic carbocycles. The van der Waals surface area contributed by atoms with Crippen LogP contribution in [0.1, 0.15) is 13.8 Å². The highest BCUT2D eigenvalue weighted by molar-refractivity contribution is 6.39. The minimum atomic E-state index is 0.499. The van der Waals surface area contributed by atoms with E-state index in [9.17, 15) is 0 Å². The Morgan fingerprint density at radius 1 is 1.50 bits per heavy atom. The van der Waals surface area contributed by atoms with Gasteiger partial charge in [-0.05, 0) is 13.8 Å². The Labute approximate surface area is 49.3 Å². The molecule has 0 aliphatic carbocycles. The minimum Gasteiger partial charge on any atom is -0.313 e. The zero-order chi connectivity index (χ0) is 6.57. The van der Waals surface area contributed by atoms with Crippen molar-refractivity contribution in [3.05, 3.63) is 0 Å². The van der Waals surface area contributed by atoms with Crippen LogP contribution in [-0.2, 0) is 0 Å². The predicted molar refractivity (Wildman–Crippen MR) is 35.6 cm³/mol. The van der Waals surface area contributed by atoms with Crippen LogP contribution < -0.4 is 5.43 Å². The predicted octanol–water partition coefficient (Wildman–Crippen LogP) is 0.621. The second kappa shape index (κ2) is 3.18. The third-order valence-electron chi connectivity index (χ3n) is 0.822. The zero-order valence-corrected chi connectivity index (χ0v) is 5.45. The molecular formula is C5H11N3. The van der Waals surface area contributed by atoms with E-state index in [0.29, 0.717) is 5.71 Å². The number of hydrazone groups is 1. The highest BCUT2D eigenvalue weighted by Gasteiger charge is 1.88. The molecule has 46 valence electrons. The molecule has 0 rings (SSSR count). The fourth-order valence-corrected chi connectivity index (χ4v) is 0.252.